The summed E-state index contributed by atoms with van der Waals surface area (Å²) in [5.41, 5.74) is -0.865. The first-order chi connectivity index (χ1) is 17.6. The normalized spacial score (nSPS) is 17.3. The maximum absolute atomic E-state index is 14.7. The predicted molar refractivity (Wildman–Crippen MR) is 95.4 cm³/mol. The molecule has 0 saturated heterocycles. The van der Waals surface area contributed by atoms with E-state index in [4.69, 9.17) is 0 Å². The van der Waals surface area contributed by atoms with Crippen LogP contribution >= 0.6 is 0 Å². The maximum atomic E-state index is 14.7. The molecule has 0 heterocycles. The van der Waals surface area contributed by atoms with Crippen LogP contribution in [0.5, 0.6) is 0 Å². The number of nitrogens with one attached hydrogen (secondary N) is 1. The van der Waals surface area contributed by atoms with Crippen molar-refractivity contribution < 1.29 is 88.9 Å². The smallest absolute Gasteiger partial charge is 0.320 e. The van der Waals surface area contributed by atoms with Crippen molar-refractivity contribution in [3.05, 3.63) is 42.5 Å². The van der Waals surface area contributed by atoms with Crippen LogP contribution in [0.2, 0.25) is 0 Å². The van der Waals surface area contributed by atoms with Gasteiger partial charge in [-0.3, -0.25) is 14.3 Å². The van der Waals surface area contributed by atoms with Crippen molar-refractivity contribution in [2.75, 3.05) is 5.32 Å². The Morgan fingerprint density at radius 3 is 1.55 bits per heavy atom. The fourth-order valence-electron chi connectivity index (χ4n) is 2.70. The molecule has 226 valence electrons. The van der Waals surface area contributed by atoms with Gasteiger partial charge in [-0.05, 0) is 11.5 Å². The summed E-state index contributed by atoms with van der Waals surface area (Å²) in [4.78, 5) is 12.0. The molecule has 0 aromatic heterocycles. The van der Waals surface area contributed by atoms with Crippen LogP contribution < -0.4 is 5.32 Å². The number of anilines is 1. The number of carbonyl (C=O) groups excluding carboxylic acids is 1. The molecule has 0 fully saturated rings. The monoisotopic (exact) mass is 621 g/mol. The van der Waals surface area contributed by atoms with E-state index in [0.29, 0.717) is 6.07 Å². The second-order valence-electron chi connectivity index (χ2n) is 7.48. The van der Waals surface area contributed by atoms with Gasteiger partial charge in [-0.15, -0.1) is 0 Å². The molecule has 0 bridgehead atoms. The van der Waals surface area contributed by atoms with Crippen molar-refractivity contribution in [3.63, 3.8) is 0 Å². The third-order valence-electron chi connectivity index (χ3n) is 4.69. The van der Waals surface area contributed by atoms with Crippen molar-refractivity contribution in [2.45, 2.75) is 48.4 Å². The first kappa shape index (κ1) is 33.1. The van der Waals surface area contributed by atoms with E-state index in [9.17, 15) is 79.4 Å². The summed E-state index contributed by atoms with van der Waals surface area (Å²) in [6.07, 6.45) is -38.6. The molecular formula is C19H8F17NO3. The number of fused-ring (bicyclic) bond motifs is 1. The third kappa shape index (κ3) is 5.56. The Morgan fingerprint density at radius 1 is 0.575 bits per heavy atom. The average Bonchev–Trinajstić information content (AvgIpc) is 2.76. The van der Waals surface area contributed by atoms with Crippen LogP contribution in [-0.4, -0.2) is 54.3 Å². The maximum Gasteiger partial charge on any atom is 0.462 e. The van der Waals surface area contributed by atoms with Gasteiger partial charge in [0.05, 0.1) is 0 Å². The van der Waals surface area contributed by atoms with Crippen LogP contribution in [0.15, 0.2) is 42.5 Å². The molecule has 0 aliphatic carbocycles. The van der Waals surface area contributed by atoms with Crippen molar-refractivity contribution in [2.24, 2.45) is 0 Å². The second kappa shape index (κ2) is 9.77. The van der Waals surface area contributed by atoms with Gasteiger partial charge in [0.1, 0.15) is 0 Å². The number of hydrogen-bond donors (Lipinski definition) is 1. The Balaban J connectivity index is 2.61. The van der Waals surface area contributed by atoms with Crippen molar-refractivity contribution in [1.29, 1.82) is 0 Å². The first-order valence-corrected chi connectivity index (χ1v) is 9.55. The number of halogens is 17. The van der Waals surface area contributed by atoms with Gasteiger partial charge < -0.3 is 5.32 Å². The summed E-state index contributed by atoms with van der Waals surface area (Å²) in [6, 6.07) is 7.64. The number of hydrogen-bond acceptors (Lipinski definition) is 3. The fourth-order valence-corrected chi connectivity index (χ4v) is 2.70. The molecule has 0 aliphatic heterocycles. The Kier molecular flexibility index (Phi) is 8.09. The van der Waals surface area contributed by atoms with Gasteiger partial charge in [-0.2, -0.15) is 74.6 Å². The highest BCUT2D eigenvalue weighted by Crippen LogP contribution is 2.56. The molecule has 40 heavy (non-hydrogen) atoms. The number of rotatable bonds is 8. The number of amides is 1. The molecule has 4 nitrogen and oxygen atoms in total. The third-order valence-corrected chi connectivity index (χ3v) is 4.69. The molecule has 0 saturated carbocycles. The van der Waals surface area contributed by atoms with Gasteiger partial charge in [0.2, 0.25) is 0 Å². The van der Waals surface area contributed by atoms with E-state index >= 15 is 0 Å². The summed E-state index contributed by atoms with van der Waals surface area (Å²) < 4.78 is 228. The molecule has 21 heteroatoms. The highest BCUT2D eigenvalue weighted by Gasteiger charge is 2.85. The minimum absolute atomic E-state index is 0.0732. The number of carbonyl (C=O) groups is 1. The molecule has 0 unspecified atom stereocenters. The molecule has 2 rings (SSSR count). The van der Waals surface area contributed by atoms with E-state index < -0.39 is 60.0 Å². The lowest BCUT2D eigenvalue weighted by atomic mass is 10.1. The average molecular weight is 621 g/mol. The van der Waals surface area contributed by atoms with Crippen molar-refractivity contribution in [3.8, 4) is 0 Å². The summed E-state index contributed by atoms with van der Waals surface area (Å²) >= 11 is 0. The number of benzene rings is 2. The van der Waals surface area contributed by atoms with Gasteiger partial charge in [-0.1, -0.05) is 36.4 Å². The standard InChI is InChI=1S/C19H8F17NO3/c20-12(15(24,25)26,11(38)37-10-7-3-5-8-4-1-2-6-9(8)10)39-19(35,36)14(23,17(30,31)32)40-18(33,34)13(21,22)16(27,28)29/h1-7H,(H,37,38)/t12-,14+/m1/s1. The van der Waals surface area contributed by atoms with Crippen LogP contribution in [0.3, 0.4) is 0 Å². The van der Waals surface area contributed by atoms with Gasteiger partial charge in [0, 0.05) is 11.1 Å². The van der Waals surface area contributed by atoms with Crippen LogP contribution in [0, 0.1) is 0 Å². The summed E-state index contributed by atoms with van der Waals surface area (Å²) in [7, 11) is 0. The molecule has 2 atom stereocenters. The van der Waals surface area contributed by atoms with E-state index in [2.05, 4.69) is 4.74 Å². The van der Waals surface area contributed by atoms with E-state index in [0.717, 1.165) is 17.4 Å². The Labute approximate surface area is 208 Å². The number of ether oxygens (including phenoxy) is 2. The van der Waals surface area contributed by atoms with E-state index in [1.807, 2.05) is 0 Å². The molecule has 2 aromatic carbocycles. The van der Waals surface area contributed by atoms with Crippen LogP contribution in [-0.2, 0) is 14.3 Å². The zero-order valence-corrected chi connectivity index (χ0v) is 18.2. The van der Waals surface area contributed by atoms with Gasteiger partial charge in [0.15, 0.2) is 0 Å². The van der Waals surface area contributed by atoms with Crippen molar-refractivity contribution >= 4 is 22.4 Å². The lowest BCUT2D eigenvalue weighted by molar-refractivity contribution is -0.548. The Bertz CT molecular complexity index is 1230. The van der Waals surface area contributed by atoms with Crippen LogP contribution in [0.25, 0.3) is 10.8 Å². The predicted octanol–water partition coefficient (Wildman–Crippen LogP) is 7.65. The zero-order valence-electron chi connectivity index (χ0n) is 18.2. The molecule has 2 aromatic rings. The van der Waals surface area contributed by atoms with Gasteiger partial charge in [0.25, 0.3) is 5.91 Å². The first-order valence-electron chi connectivity index (χ1n) is 9.55. The van der Waals surface area contributed by atoms with E-state index in [1.165, 1.54) is 29.0 Å². The molecular weight excluding hydrogens is 613 g/mol. The zero-order chi connectivity index (χ0) is 31.4. The summed E-state index contributed by atoms with van der Waals surface area (Å²) in [5.74, 6) is -26.3. The van der Waals surface area contributed by atoms with Crippen LogP contribution in [0.4, 0.5) is 80.3 Å². The molecule has 1 amide bonds. The molecule has 1 N–H and O–H groups in total. The van der Waals surface area contributed by atoms with E-state index in [-0.39, 0.29) is 10.8 Å². The fraction of sp³-hybridized carbons (Fsp3) is 0.421. The largest absolute Gasteiger partial charge is 0.462 e. The van der Waals surface area contributed by atoms with Crippen molar-refractivity contribution in [1.82, 2.24) is 0 Å². The van der Waals surface area contributed by atoms with Gasteiger partial charge in [-0.25, -0.2) is 0 Å². The van der Waals surface area contributed by atoms with Gasteiger partial charge >= 0.3 is 48.4 Å². The van der Waals surface area contributed by atoms with Crippen LogP contribution in [0.1, 0.15) is 0 Å². The Morgan fingerprint density at radius 2 is 1.07 bits per heavy atom. The molecule has 0 spiro atoms. The lowest BCUT2D eigenvalue weighted by Gasteiger charge is -2.40. The second-order valence-corrected chi connectivity index (χ2v) is 7.48. The Hall–Kier alpha value is -3.10. The number of alkyl halides is 17. The minimum atomic E-state index is -8.07. The summed E-state index contributed by atoms with van der Waals surface area (Å²) in [5, 5.41) is 0.795. The molecule has 0 aliphatic rings. The highest BCUT2D eigenvalue weighted by molar-refractivity contribution is 6.04. The van der Waals surface area contributed by atoms with E-state index in [1.54, 1.807) is 0 Å². The molecule has 0 radical (unpaired) electrons. The quantitative estimate of drug-likeness (QED) is 0.308. The topological polar surface area (TPSA) is 47.6 Å². The SMILES string of the molecule is O=C(Nc1cccc2ccccc12)[C@@](F)(OC(F)(F)[C@@](F)(OC(F)(F)C(F)(F)C(F)(F)F)C(F)(F)F)C(F)(F)F. The lowest BCUT2D eigenvalue weighted by Crippen LogP contribution is -2.68. The minimum Gasteiger partial charge on any atom is -0.320 e. The highest BCUT2D eigenvalue weighted by atomic mass is 19.4. The summed E-state index contributed by atoms with van der Waals surface area (Å²) in [6.45, 7) is 0.